The first-order valence-electron chi connectivity index (χ1n) is 6.01. The van der Waals surface area contributed by atoms with Gasteiger partial charge in [0.05, 0.1) is 6.61 Å². The van der Waals surface area contributed by atoms with Gasteiger partial charge in [-0.3, -0.25) is 0 Å². The van der Waals surface area contributed by atoms with Crippen LogP contribution in [0.5, 0.6) is 0 Å². The molecule has 92 valence electrons. The molecular formula is C12H26ClNO. The fourth-order valence-corrected chi connectivity index (χ4v) is 1.57. The average Bonchev–Trinajstić information content (AvgIpc) is 2.16. The van der Waals surface area contributed by atoms with Gasteiger partial charge in [-0.1, -0.05) is 20.8 Å². The molecule has 1 unspecified atom stereocenters. The Labute approximate surface area is 99.7 Å². The third-order valence-electron chi connectivity index (χ3n) is 2.36. The van der Waals surface area contributed by atoms with Crippen LogP contribution in [0.2, 0.25) is 0 Å². The number of rotatable bonds is 10. The van der Waals surface area contributed by atoms with Crippen LogP contribution in [-0.2, 0) is 4.74 Å². The molecule has 0 saturated carbocycles. The van der Waals surface area contributed by atoms with E-state index < -0.39 is 0 Å². The van der Waals surface area contributed by atoms with Crippen molar-refractivity contribution in [2.24, 2.45) is 11.8 Å². The van der Waals surface area contributed by atoms with Crippen LogP contribution >= 0.6 is 11.6 Å². The fraction of sp³-hybridized carbons (Fsp3) is 1.00. The third kappa shape index (κ3) is 12.1. The SMILES string of the molecule is CC(C)CCOCCNCC(C)CCCl. The van der Waals surface area contributed by atoms with Crippen molar-refractivity contribution < 1.29 is 4.74 Å². The van der Waals surface area contributed by atoms with E-state index >= 15 is 0 Å². The number of ether oxygens (including phenoxy) is 1. The van der Waals surface area contributed by atoms with Crippen LogP contribution in [0.15, 0.2) is 0 Å². The first-order valence-corrected chi connectivity index (χ1v) is 6.54. The Bertz CT molecular complexity index is 131. The molecule has 0 aromatic carbocycles. The van der Waals surface area contributed by atoms with E-state index in [0.29, 0.717) is 5.92 Å². The fourth-order valence-electron chi connectivity index (χ4n) is 1.20. The van der Waals surface area contributed by atoms with Crippen LogP contribution < -0.4 is 5.32 Å². The van der Waals surface area contributed by atoms with Crippen LogP contribution in [0, 0.1) is 11.8 Å². The number of alkyl halides is 1. The lowest BCUT2D eigenvalue weighted by atomic mass is 10.1. The Kier molecular flexibility index (Phi) is 10.9. The first-order chi connectivity index (χ1) is 7.16. The summed E-state index contributed by atoms with van der Waals surface area (Å²) >= 11 is 5.65. The summed E-state index contributed by atoms with van der Waals surface area (Å²) in [6.07, 6.45) is 2.24. The van der Waals surface area contributed by atoms with Crippen molar-refractivity contribution >= 4 is 11.6 Å². The molecule has 0 aliphatic rings. The summed E-state index contributed by atoms with van der Waals surface area (Å²) < 4.78 is 5.50. The minimum Gasteiger partial charge on any atom is -0.380 e. The lowest BCUT2D eigenvalue weighted by Crippen LogP contribution is -2.25. The number of nitrogens with one attached hydrogen (secondary N) is 1. The predicted octanol–water partition coefficient (Wildman–Crippen LogP) is 2.90. The molecular weight excluding hydrogens is 210 g/mol. The highest BCUT2D eigenvalue weighted by Crippen LogP contribution is 2.01. The van der Waals surface area contributed by atoms with Crippen LogP contribution in [0.3, 0.4) is 0 Å². The van der Waals surface area contributed by atoms with Gasteiger partial charge in [0, 0.05) is 19.0 Å². The molecule has 0 bridgehead atoms. The van der Waals surface area contributed by atoms with E-state index in [-0.39, 0.29) is 0 Å². The van der Waals surface area contributed by atoms with Gasteiger partial charge in [0.25, 0.3) is 0 Å². The molecule has 0 fully saturated rings. The van der Waals surface area contributed by atoms with E-state index in [4.69, 9.17) is 16.3 Å². The van der Waals surface area contributed by atoms with Gasteiger partial charge in [-0.25, -0.2) is 0 Å². The van der Waals surface area contributed by atoms with E-state index in [1.807, 2.05) is 0 Å². The van der Waals surface area contributed by atoms with Crippen molar-refractivity contribution in [3.05, 3.63) is 0 Å². The largest absolute Gasteiger partial charge is 0.380 e. The van der Waals surface area contributed by atoms with Crippen molar-refractivity contribution in [1.82, 2.24) is 5.32 Å². The van der Waals surface area contributed by atoms with E-state index in [1.54, 1.807) is 0 Å². The molecule has 0 amide bonds. The second kappa shape index (κ2) is 10.7. The van der Waals surface area contributed by atoms with Gasteiger partial charge >= 0.3 is 0 Å². The molecule has 1 atom stereocenters. The standard InChI is InChI=1S/C12H26ClNO/c1-11(2)5-8-15-9-7-14-10-12(3)4-6-13/h11-12,14H,4-10H2,1-3H3. The molecule has 0 saturated heterocycles. The quantitative estimate of drug-likeness (QED) is 0.465. The van der Waals surface area contributed by atoms with Gasteiger partial charge in [0.2, 0.25) is 0 Å². The third-order valence-corrected chi connectivity index (χ3v) is 2.58. The Morgan fingerprint density at radius 1 is 1.13 bits per heavy atom. The van der Waals surface area contributed by atoms with Gasteiger partial charge in [-0.15, -0.1) is 11.6 Å². The molecule has 1 N–H and O–H groups in total. The van der Waals surface area contributed by atoms with Gasteiger partial charge in [-0.2, -0.15) is 0 Å². The first kappa shape index (κ1) is 15.2. The maximum Gasteiger partial charge on any atom is 0.0590 e. The average molecular weight is 236 g/mol. The summed E-state index contributed by atoms with van der Waals surface area (Å²) in [4.78, 5) is 0. The molecule has 0 heterocycles. The van der Waals surface area contributed by atoms with Crippen molar-refractivity contribution in [2.45, 2.75) is 33.6 Å². The van der Waals surface area contributed by atoms with Crippen molar-refractivity contribution in [2.75, 3.05) is 32.2 Å². The monoisotopic (exact) mass is 235 g/mol. The van der Waals surface area contributed by atoms with E-state index in [2.05, 4.69) is 26.1 Å². The Morgan fingerprint density at radius 3 is 2.47 bits per heavy atom. The van der Waals surface area contributed by atoms with Gasteiger partial charge < -0.3 is 10.1 Å². The molecule has 0 aliphatic heterocycles. The summed E-state index contributed by atoms with van der Waals surface area (Å²) in [5.74, 6) is 2.16. The lowest BCUT2D eigenvalue weighted by molar-refractivity contribution is 0.124. The molecule has 0 aromatic rings. The molecule has 0 radical (unpaired) electrons. The van der Waals surface area contributed by atoms with E-state index in [1.165, 1.54) is 0 Å². The summed E-state index contributed by atoms with van der Waals surface area (Å²) in [6.45, 7) is 10.3. The van der Waals surface area contributed by atoms with E-state index in [0.717, 1.165) is 50.9 Å². The molecule has 0 aromatic heterocycles. The smallest absolute Gasteiger partial charge is 0.0590 e. The number of hydrogen-bond acceptors (Lipinski definition) is 2. The molecule has 2 nitrogen and oxygen atoms in total. The second-order valence-electron chi connectivity index (χ2n) is 4.58. The van der Waals surface area contributed by atoms with Gasteiger partial charge in [-0.05, 0) is 31.2 Å². The summed E-state index contributed by atoms with van der Waals surface area (Å²) in [6, 6.07) is 0. The van der Waals surface area contributed by atoms with Crippen LogP contribution in [0.1, 0.15) is 33.6 Å². The minimum absolute atomic E-state index is 0.665. The molecule has 15 heavy (non-hydrogen) atoms. The second-order valence-corrected chi connectivity index (χ2v) is 4.96. The van der Waals surface area contributed by atoms with Gasteiger partial charge in [0.1, 0.15) is 0 Å². The number of hydrogen-bond donors (Lipinski definition) is 1. The number of halogens is 1. The summed E-state index contributed by atoms with van der Waals surface area (Å²) in [7, 11) is 0. The highest BCUT2D eigenvalue weighted by molar-refractivity contribution is 6.17. The maximum atomic E-state index is 5.65. The molecule has 0 rings (SSSR count). The Hall–Kier alpha value is 0.210. The van der Waals surface area contributed by atoms with Crippen LogP contribution in [0.4, 0.5) is 0 Å². The van der Waals surface area contributed by atoms with Crippen LogP contribution in [0.25, 0.3) is 0 Å². The lowest BCUT2D eigenvalue weighted by Gasteiger charge is -2.11. The Balaban J connectivity index is 3.04. The zero-order chi connectivity index (χ0) is 11.5. The molecule has 0 spiro atoms. The summed E-state index contributed by atoms with van der Waals surface area (Å²) in [5.41, 5.74) is 0. The highest BCUT2D eigenvalue weighted by atomic mass is 35.5. The molecule has 0 aliphatic carbocycles. The van der Waals surface area contributed by atoms with E-state index in [9.17, 15) is 0 Å². The Morgan fingerprint density at radius 2 is 1.87 bits per heavy atom. The topological polar surface area (TPSA) is 21.3 Å². The van der Waals surface area contributed by atoms with Gasteiger partial charge in [0.15, 0.2) is 0 Å². The molecule has 3 heteroatoms. The highest BCUT2D eigenvalue weighted by Gasteiger charge is 1.99. The van der Waals surface area contributed by atoms with Crippen molar-refractivity contribution in [1.29, 1.82) is 0 Å². The maximum absolute atomic E-state index is 5.65. The minimum atomic E-state index is 0.665. The summed E-state index contributed by atoms with van der Waals surface area (Å²) in [5, 5.41) is 3.37. The predicted molar refractivity (Wildman–Crippen MR) is 67.6 cm³/mol. The zero-order valence-corrected chi connectivity index (χ0v) is 11.1. The van der Waals surface area contributed by atoms with Crippen molar-refractivity contribution in [3.8, 4) is 0 Å². The zero-order valence-electron chi connectivity index (χ0n) is 10.4. The van der Waals surface area contributed by atoms with Crippen LogP contribution in [-0.4, -0.2) is 32.2 Å². The van der Waals surface area contributed by atoms with Crippen molar-refractivity contribution in [3.63, 3.8) is 0 Å². The normalized spacial score (nSPS) is 13.4.